The van der Waals surface area contributed by atoms with Crippen LogP contribution in [0.3, 0.4) is 0 Å². The molecule has 1 aromatic rings. The summed E-state index contributed by atoms with van der Waals surface area (Å²) >= 11 is 10.1. The van der Waals surface area contributed by atoms with Gasteiger partial charge in [0.2, 0.25) is 10.0 Å². The summed E-state index contributed by atoms with van der Waals surface area (Å²) in [5.74, 6) is 0. The predicted octanol–water partition coefficient (Wildman–Crippen LogP) is 2.87. The average molecular weight is 363 g/mol. The van der Waals surface area contributed by atoms with Gasteiger partial charge in [0.1, 0.15) is 4.21 Å². The van der Waals surface area contributed by atoms with Crippen molar-refractivity contribution in [3.8, 4) is 0 Å². The molecule has 0 aliphatic rings. The normalized spacial score (nSPS) is 11.9. The number of thiophene rings is 1. The molecule has 0 saturated heterocycles. The fourth-order valence-electron chi connectivity index (χ4n) is 1.11. The Morgan fingerprint density at radius 3 is 2.76 bits per heavy atom. The molecule has 1 rings (SSSR count). The summed E-state index contributed by atoms with van der Waals surface area (Å²) in [6, 6.07) is 1.44. The average Bonchev–Trinajstić information content (AvgIpc) is 2.60. The summed E-state index contributed by atoms with van der Waals surface area (Å²) in [7, 11) is -1.82. The molecule has 8 heteroatoms. The summed E-state index contributed by atoms with van der Waals surface area (Å²) in [4.78, 5) is 0. The zero-order valence-electron chi connectivity index (χ0n) is 9.20. The number of ether oxygens (including phenoxy) is 1. The lowest BCUT2D eigenvalue weighted by Gasteiger charge is -2.03. The second kappa shape index (κ2) is 7.06. The van der Waals surface area contributed by atoms with Crippen molar-refractivity contribution in [1.82, 2.24) is 4.72 Å². The van der Waals surface area contributed by atoms with E-state index in [0.29, 0.717) is 22.0 Å². The van der Waals surface area contributed by atoms with Gasteiger partial charge in [-0.25, -0.2) is 13.1 Å². The molecular weight excluding hydrogens is 350 g/mol. The highest BCUT2D eigenvalue weighted by atomic mass is 79.9. The van der Waals surface area contributed by atoms with Crippen LogP contribution in [0.4, 0.5) is 0 Å². The summed E-state index contributed by atoms with van der Waals surface area (Å²) in [5.41, 5.74) is 0. The van der Waals surface area contributed by atoms with Crippen LogP contribution in [0.2, 0.25) is 5.02 Å². The molecule has 0 spiro atoms. The summed E-state index contributed by atoms with van der Waals surface area (Å²) < 4.78 is 31.9. The number of hydrogen-bond acceptors (Lipinski definition) is 4. The molecule has 0 aliphatic carbocycles. The van der Waals surface area contributed by atoms with Gasteiger partial charge >= 0.3 is 0 Å². The van der Waals surface area contributed by atoms with Crippen LogP contribution in [-0.4, -0.2) is 28.7 Å². The van der Waals surface area contributed by atoms with Crippen LogP contribution < -0.4 is 4.72 Å². The lowest BCUT2D eigenvalue weighted by molar-refractivity contribution is 0.193. The largest absolute Gasteiger partial charge is 0.385 e. The summed E-state index contributed by atoms with van der Waals surface area (Å²) in [5, 5.41) is 0.412. The second-order valence-corrected chi connectivity index (χ2v) is 8.06. The van der Waals surface area contributed by atoms with Crippen molar-refractivity contribution in [3.05, 3.63) is 14.9 Å². The maximum atomic E-state index is 11.8. The highest BCUT2D eigenvalue weighted by Gasteiger charge is 2.18. The van der Waals surface area contributed by atoms with Crippen LogP contribution in [-0.2, 0) is 14.8 Å². The molecule has 1 N–H and O–H groups in total. The van der Waals surface area contributed by atoms with E-state index in [1.807, 2.05) is 0 Å². The van der Waals surface area contributed by atoms with Gasteiger partial charge in [0.05, 0.1) is 8.81 Å². The number of sulfonamides is 1. The van der Waals surface area contributed by atoms with E-state index in [9.17, 15) is 8.42 Å². The zero-order chi connectivity index (χ0) is 12.9. The van der Waals surface area contributed by atoms with Gasteiger partial charge in [-0.1, -0.05) is 11.6 Å². The van der Waals surface area contributed by atoms with E-state index in [-0.39, 0.29) is 4.21 Å². The molecular formula is C9H13BrClNO3S2. The lowest BCUT2D eigenvalue weighted by atomic mass is 10.3. The van der Waals surface area contributed by atoms with E-state index < -0.39 is 10.0 Å². The third kappa shape index (κ3) is 4.84. The Morgan fingerprint density at radius 1 is 1.53 bits per heavy atom. The van der Waals surface area contributed by atoms with Crippen LogP contribution in [0, 0.1) is 0 Å². The van der Waals surface area contributed by atoms with Crippen molar-refractivity contribution < 1.29 is 13.2 Å². The van der Waals surface area contributed by atoms with Crippen LogP contribution >= 0.6 is 38.9 Å². The molecule has 1 heterocycles. The molecule has 4 nitrogen and oxygen atoms in total. The van der Waals surface area contributed by atoms with E-state index in [4.69, 9.17) is 16.3 Å². The van der Waals surface area contributed by atoms with Crippen LogP contribution in [0.5, 0.6) is 0 Å². The van der Waals surface area contributed by atoms with E-state index >= 15 is 0 Å². The molecule has 0 unspecified atom stereocenters. The Kier molecular flexibility index (Phi) is 6.39. The lowest BCUT2D eigenvalue weighted by Crippen LogP contribution is -2.24. The minimum absolute atomic E-state index is 0.223. The highest BCUT2D eigenvalue weighted by Crippen LogP contribution is 2.34. The highest BCUT2D eigenvalue weighted by molar-refractivity contribution is 9.11. The maximum Gasteiger partial charge on any atom is 0.250 e. The number of nitrogens with one attached hydrogen (secondary N) is 1. The zero-order valence-corrected chi connectivity index (χ0v) is 13.2. The molecule has 0 atom stereocenters. The molecule has 0 aromatic carbocycles. The van der Waals surface area contributed by atoms with Gasteiger partial charge in [0, 0.05) is 20.3 Å². The molecule has 0 saturated carbocycles. The Balaban J connectivity index is 2.51. The van der Waals surface area contributed by atoms with Crippen molar-refractivity contribution >= 4 is 48.9 Å². The summed E-state index contributed by atoms with van der Waals surface area (Å²) in [6.45, 7) is 1.04. The van der Waals surface area contributed by atoms with Crippen LogP contribution in [0.1, 0.15) is 12.8 Å². The molecule has 0 bridgehead atoms. The first-order valence-corrected chi connectivity index (χ1v) is 8.38. The molecule has 1 aromatic heterocycles. The van der Waals surface area contributed by atoms with E-state index in [2.05, 4.69) is 20.7 Å². The number of halogens is 2. The van der Waals surface area contributed by atoms with Gasteiger partial charge in [-0.2, -0.15) is 0 Å². The van der Waals surface area contributed by atoms with Crippen molar-refractivity contribution in [3.63, 3.8) is 0 Å². The first kappa shape index (κ1) is 15.4. The number of methoxy groups -OCH3 is 1. The SMILES string of the molecule is COCCCCNS(=O)(=O)c1cc(Cl)c(Br)s1. The first-order valence-electron chi connectivity index (χ1n) is 4.91. The number of rotatable bonds is 7. The predicted molar refractivity (Wildman–Crippen MR) is 73.3 cm³/mol. The van der Waals surface area contributed by atoms with Gasteiger partial charge in [-0.15, -0.1) is 11.3 Å². The summed E-state index contributed by atoms with van der Waals surface area (Å²) in [6.07, 6.45) is 1.57. The van der Waals surface area contributed by atoms with E-state index in [1.54, 1.807) is 7.11 Å². The quantitative estimate of drug-likeness (QED) is 0.759. The topological polar surface area (TPSA) is 55.4 Å². The van der Waals surface area contributed by atoms with Gasteiger partial charge in [-0.05, 0) is 34.8 Å². The van der Waals surface area contributed by atoms with Crippen LogP contribution in [0.25, 0.3) is 0 Å². The fourth-order valence-corrected chi connectivity index (χ4v) is 4.63. The standard InChI is InChI=1S/C9H13BrClNO3S2/c1-15-5-3-2-4-12-17(13,14)8-6-7(11)9(10)16-8/h6,12H,2-5H2,1H3. The Morgan fingerprint density at radius 2 is 2.24 bits per heavy atom. The minimum Gasteiger partial charge on any atom is -0.385 e. The minimum atomic E-state index is -3.44. The third-order valence-electron chi connectivity index (χ3n) is 1.95. The van der Waals surface area contributed by atoms with E-state index in [0.717, 1.165) is 24.2 Å². The molecule has 0 radical (unpaired) electrons. The Hall–Kier alpha value is 0.340. The maximum absolute atomic E-state index is 11.8. The molecule has 0 aliphatic heterocycles. The van der Waals surface area contributed by atoms with Gasteiger partial charge < -0.3 is 4.74 Å². The van der Waals surface area contributed by atoms with Crippen LogP contribution in [0.15, 0.2) is 14.1 Å². The fraction of sp³-hybridized carbons (Fsp3) is 0.556. The third-order valence-corrected chi connectivity index (χ3v) is 6.36. The molecule has 17 heavy (non-hydrogen) atoms. The van der Waals surface area contributed by atoms with E-state index in [1.165, 1.54) is 6.07 Å². The molecule has 0 amide bonds. The first-order chi connectivity index (χ1) is 7.97. The van der Waals surface area contributed by atoms with Crippen molar-refractivity contribution in [2.45, 2.75) is 17.1 Å². The van der Waals surface area contributed by atoms with Gasteiger partial charge in [0.25, 0.3) is 0 Å². The Bertz CT molecular complexity index is 441. The molecule has 0 fully saturated rings. The Labute approximate surface area is 118 Å². The van der Waals surface area contributed by atoms with Crippen molar-refractivity contribution in [1.29, 1.82) is 0 Å². The monoisotopic (exact) mass is 361 g/mol. The van der Waals surface area contributed by atoms with Gasteiger partial charge in [0.15, 0.2) is 0 Å². The van der Waals surface area contributed by atoms with Gasteiger partial charge in [-0.3, -0.25) is 0 Å². The smallest absolute Gasteiger partial charge is 0.250 e. The van der Waals surface area contributed by atoms with Crippen molar-refractivity contribution in [2.75, 3.05) is 20.3 Å². The second-order valence-electron chi connectivity index (χ2n) is 3.28. The van der Waals surface area contributed by atoms with Crippen molar-refractivity contribution in [2.24, 2.45) is 0 Å². The number of hydrogen-bond donors (Lipinski definition) is 1. The number of unbranched alkanes of at least 4 members (excludes halogenated alkanes) is 1. The molecule has 98 valence electrons.